The van der Waals surface area contributed by atoms with Crippen molar-refractivity contribution in [3.63, 3.8) is 0 Å². The zero-order valence-corrected chi connectivity index (χ0v) is 18.2. The molecule has 0 radical (unpaired) electrons. The van der Waals surface area contributed by atoms with Gasteiger partial charge in [-0.25, -0.2) is 9.34 Å². The van der Waals surface area contributed by atoms with Gasteiger partial charge in [-0.05, 0) is 35.7 Å². The second-order valence-corrected chi connectivity index (χ2v) is 11.0. The van der Waals surface area contributed by atoms with Gasteiger partial charge in [-0.15, -0.1) is 0 Å². The van der Waals surface area contributed by atoms with Gasteiger partial charge in [0.05, 0.1) is 9.95 Å². The fourth-order valence-corrected chi connectivity index (χ4v) is 6.95. The molecule has 0 aromatic heterocycles. The summed E-state index contributed by atoms with van der Waals surface area (Å²) in [6.45, 7) is 5.45. The average Bonchev–Trinajstić information content (AvgIpc) is 3.56. The molecule has 10 heteroatoms. The van der Waals surface area contributed by atoms with Gasteiger partial charge >= 0.3 is 5.69 Å². The zero-order valence-electron chi connectivity index (χ0n) is 15.8. The first kappa shape index (κ1) is 20.6. The number of hydrogen-bond acceptors (Lipinski definition) is 4. The van der Waals surface area contributed by atoms with Crippen molar-refractivity contribution < 1.29 is 14.2 Å². The van der Waals surface area contributed by atoms with Gasteiger partial charge in [-0.2, -0.15) is 0 Å². The third-order valence-electron chi connectivity index (χ3n) is 5.11. The van der Waals surface area contributed by atoms with Gasteiger partial charge in [-0.3, -0.25) is 14.7 Å². The van der Waals surface area contributed by atoms with E-state index in [1.165, 1.54) is 12.1 Å². The Bertz CT molecular complexity index is 995. The van der Waals surface area contributed by atoms with Gasteiger partial charge in [0.1, 0.15) is 5.75 Å². The third-order valence-corrected chi connectivity index (χ3v) is 9.23. The van der Waals surface area contributed by atoms with E-state index in [9.17, 15) is 14.7 Å². The van der Waals surface area contributed by atoms with Crippen LogP contribution in [0.2, 0.25) is 10.0 Å². The van der Waals surface area contributed by atoms with Crippen LogP contribution >= 0.6 is 30.6 Å². The van der Waals surface area contributed by atoms with Gasteiger partial charge < -0.3 is 4.74 Å². The Hall–Kier alpha value is -1.63. The Morgan fingerprint density at radius 3 is 2.31 bits per heavy atom. The molecule has 0 amide bonds. The normalized spacial score (nSPS) is 17.8. The van der Waals surface area contributed by atoms with Crippen molar-refractivity contribution in [1.82, 2.24) is 9.34 Å². The van der Waals surface area contributed by atoms with Crippen molar-refractivity contribution in [2.75, 3.05) is 32.3 Å². The van der Waals surface area contributed by atoms with Crippen LogP contribution in [0, 0.1) is 10.1 Å². The minimum Gasteiger partial charge on any atom is -0.449 e. The Labute approximate surface area is 178 Å². The van der Waals surface area contributed by atoms with E-state index in [0.717, 1.165) is 31.7 Å². The predicted octanol–water partition coefficient (Wildman–Crippen LogP) is 5.62. The van der Waals surface area contributed by atoms with Crippen LogP contribution in [0.15, 0.2) is 36.4 Å². The summed E-state index contributed by atoms with van der Waals surface area (Å²) in [5, 5.41) is 12.2. The summed E-state index contributed by atoms with van der Waals surface area (Å²) in [6.07, 6.45) is 0.506. The highest BCUT2D eigenvalue weighted by atomic mass is 35.5. The standard InChI is InChI=1S/C19H20Cl2N3O4P/c1-13(12-29(27,22-6-7-22)23-8-9-23)14-2-4-17(24(25)26)19(10-14)28-18-5-3-15(20)11-16(18)21/h2-5,10-11,13H,6-9,12H2,1H3/t13-/m0/s1. The highest BCUT2D eigenvalue weighted by molar-refractivity contribution is 7.59. The molecule has 1 atom stereocenters. The largest absolute Gasteiger partial charge is 0.449 e. The van der Waals surface area contributed by atoms with Gasteiger partial charge in [0.2, 0.25) is 13.2 Å². The van der Waals surface area contributed by atoms with Crippen molar-refractivity contribution in [1.29, 1.82) is 0 Å². The van der Waals surface area contributed by atoms with E-state index in [2.05, 4.69) is 0 Å². The molecular weight excluding hydrogens is 436 g/mol. The number of ether oxygens (including phenoxy) is 1. The molecule has 2 aliphatic heterocycles. The quantitative estimate of drug-likeness (QED) is 0.222. The fourth-order valence-electron chi connectivity index (χ4n) is 3.33. The lowest BCUT2D eigenvalue weighted by Crippen LogP contribution is -2.13. The minimum atomic E-state index is -2.53. The van der Waals surface area contributed by atoms with E-state index in [0.29, 0.717) is 11.2 Å². The van der Waals surface area contributed by atoms with Crippen molar-refractivity contribution >= 4 is 36.3 Å². The van der Waals surface area contributed by atoms with Crippen LogP contribution < -0.4 is 4.74 Å². The number of nitro benzene ring substituents is 1. The molecule has 2 aliphatic rings. The Balaban J connectivity index is 1.62. The summed E-state index contributed by atoms with van der Waals surface area (Å²) < 4.78 is 23.3. The molecule has 4 rings (SSSR count). The smallest absolute Gasteiger partial charge is 0.311 e. The molecule has 2 fully saturated rings. The molecule has 2 heterocycles. The number of rotatable bonds is 8. The molecule has 0 unspecified atom stereocenters. The van der Waals surface area contributed by atoms with Crippen molar-refractivity contribution in [2.45, 2.75) is 12.8 Å². The van der Waals surface area contributed by atoms with E-state index >= 15 is 0 Å². The SMILES string of the molecule is C[C@@H](CP(=O)(N1CC1)N1CC1)c1ccc([N+](=O)[O-])c(Oc2ccc(Cl)cc2Cl)c1. The molecular formula is C19H20Cl2N3O4P. The first-order valence-electron chi connectivity index (χ1n) is 9.29. The third kappa shape index (κ3) is 4.44. The summed E-state index contributed by atoms with van der Waals surface area (Å²) >= 11 is 12.1. The van der Waals surface area contributed by atoms with Crippen molar-refractivity contribution in [3.8, 4) is 11.5 Å². The van der Waals surface area contributed by atoms with Gasteiger partial charge in [0.15, 0.2) is 0 Å². The molecule has 0 N–H and O–H groups in total. The summed E-state index contributed by atoms with van der Waals surface area (Å²) in [4.78, 5) is 11.0. The Morgan fingerprint density at radius 1 is 1.10 bits per heavy atom. The monoisotopic (exact) mass is 455 g/mol. The molecule has 29 heavy (non-hydrogen) atoms. The van der Waals surface area contributed by atoms with Gasteiger partial charge in [0, 0.05) is 43.4 Å². The topological polar surface area (TPSA) is 75.5 Å². The van der Waals surface area contributed by atoms with Crippen LogP contribution in [-0.4, -0.2) is 46.6 Å². The first-order chi connectivity index (χ1) is 13.8. The number of nitro groups is 1. The molecule has 7 nitrogen and oxygen atoms in total. The first-order valence-corrected chi connectivity index (χ1v) is 11.8. The maximum Gasteiger partial charge on any atom is 0.311 e. The lowest BCUT2D eigenvalue weighted by molar-refractivity contribution is -0.385. The van der Waals surface area contributed by atoms with E-state index in [1.54, 1.807) is 24.3 Å². The van der Waals surface area contributed by atoms with Crippen LogP contribution in [0.5, 0.6) is 11.5 Å². The average molecular weight is 456 g/mol. The fraction of sp³-hybridized carbons (Fsp3) is 0.368. The van der Waals surface area contributed by atoms with Crippen LogP contribution in [-0.2, 0) is 4.57 Å². The molecule has 0 aliphatic carbocycles. The molecule has 0 spiro atoms. The molecule has 0 saturated carbocycles. The second-order valence-electron chi connectivity index (χ2n) is 7.32. The van der Waals surface area contributed by atoms with Gasteiger partial charge in [0.25, 0.3) is 0 Å². The van der Waals surface area contributed by atoms with Crippen molar-refractivity contribution in [2.24, 2.45) is 0 Å². The van der Waals surface area contributed by atoms with E-state index in [-0.39, 0.29) is 28.1 Å². The maximum absolute atomic E-state index is 13.4. The number of halogens is 2. The highest BCUT2D eigenvalue weighted by Crippen LogP contribution is 2.62. The van der Waals surface area contributed by atoms with E-state index in [4.69, 9.17) is 27.9 Å². The molecule has 2 aromatic carbocycles. The highest BCUT2D eigenvalue weighted by Gasteiger charge is 2.48. The van der Waals surface area contributed by atoms with Gasteiger partial charge in [-0.1, -0.05) is 36.2 Å². The Morgan fingerprint density at radius 2 is 1.76 bits per heavy atom. The number of benzene rings is 2. The van der Waals surface area contributed by atoms with Crippen LogP contribution in [0.1, 0.15) is 18.4 Å². The van der Waals surface area contributed by atoms with Crippen LogP contribution in [0.4, 0.5) is 5.69 Å². The summed E-state index contributed by atoms with van der Waals surface area (Å²) in [7, 11) is -2.53. The summed E-state index contributed by atoms with van der Waals surface area (Å²) in [6, 6.07) is 9.45. The summed E-state index contributed by atoms with van der Waals surface area (Å²) in [5.74, 6) is 0.325. The zero-order chi connectivity index (χ0) is 20.8. The molecule has 2 aromatic rings. The lowest BCUT2D eigenvalue weighted by Gasteiger charge is -2.24. The Kier molecular flexibility index (Phi) is 5.62. The maximum atomic E-state index is 13.4. The van der Waals surface area contributed by atoms with Crippen molar-refractivity contribution in [3.05, 3.63) is 62.1 Å². The van der Waals surface area contributed by atoms with Crippen LogP contribution in [0.3, 0.4) is 0 Å². The molecule has 0 bridgehead atoms. The molecule has 154 valence electrons. The minimum absolute atomic E-state index is 0.0501. The number of nitrogens with zero attached hydrogens (tertiary/aromatic N) is 3. The number of hydrogen-bond donors (Lipinski definition) is 0. The van der Waals surface area contributed by atoms with Crippen LogP contribution in [0.25, 0.3) is 0 Å². The molecule has 2 saturated heterocycles. The van der Waals surface area contributed by atoms with E-state index in [1.807, 2.05) is 16.3 Å². The predicted molar refractivity (Wildman–Crippen MR) is 114 cm³/mol. The second kappa shape index (κ2) is 7.89. The lowest BCUT2D eigenvalue weighted by atomic mass is 10.0. The summed E-state index contributed by atoms with van der Waals surface area (Å²) in [5.41, 5.74) is 0.673. The van der Waals surface area contributed by atoms with E-state index < -0.39 is 12.4 Å².